The van der Waals surface area contributed by atoms with Crippen molar-refractivity contribution in [1.29, 1.82) is 0 Å². The van der Waals surface area contributed by atoms with E-state index in [0.717, 1.165) is 25.9 Å². The number of carbonyl (C=O) groups is 2. The molecular formula is C9H18N4O3. The fourth-order valence-corrected chi connectivity index (χ4v) is 1.53. The van der Waals surface area contributed by atoms with Crippen LogP contribution in [0.3, 0.4) is 0 Å². The summed E-state index contributed by atoms with van der Waals surface area (Å²) < 4.78 is 0. The van der Waals surface area contributed by atoms with Crippen LogP contribution in [0, 0.1) is 0 Å². The first-order valence-electron chi connectivity index (χ1n) is 5.25. The van der Waals surface area contributed by atoms with E-state index < -0.39 is 5.91 Å². The normalized spacial score (nSPS) is 18.3. The highest BCUT2D eigenvalue weighted by atomic mass is 16.7. The Balaban J connectivity index is 2.11. The van der Waals surface area contributed by atoms with Crippen LogP contribution < -0.4 is 16.9 Å². The zero-order valence-electron chi connectivity index (χ0n) is 9.15. The monoisotopic (exact) mass is 230 g/mol. The molecule has 5 N–H and O–H groups in total. The van der Waals surface area contributed by atoms with Crippen molar-refractivity contribution in [2.24, 2.45) is 11.5 Å². The predicted octanol–water partition coefficient (Wildman–Crippen LogP) is -2.06. The summed E-state index contributed by atoms with van der Waals surface area (Å²) in [5, 5.41) is 0. The Morgan fingerprint density at radius 3 is 2.56 bits per heavy atom. The van der Waals surface area contributed by atoms with Crippen molar-refractivity contribution in [3.05, 3.63) is 0 Å². The van der Waals surface area contributed by atoms with Crippen LogP contribution in [0.15, 0.2) is 0 Å². The molecule has 7 nitrogen and oxygen atoms in total. The topological polar surface area (TPSA) is 111 Å². The number of carbonyl (C=O) groups excluding carboxylic acids is 2. The van der Waals surface area contributed by atoms with E-state index >= 15 is 0 Å². The van der Waals surface area contributed by atoms with Crippen LogP contribution in [0.5, 0.6) is 0 Å². The maximum atomic E-state index is 11.3. The summed E-state index contributed by atoms with van der Waals surface area (Å²) in [6, 6.07) is 0.241. The number of likely N-dealkylation sites (tertiary alicyclic amines) is 1. The van der Waals surface area contributed by atoms with Crippen LogP contribution in [-0.4, -0.2) is 49.0 Å². The third-order valence-corrected chi connectivity index (χ3v) is 2.40. The minimum atomic E-state index is -0.621. The van der Waals surface area contributed by atoms with Gasteiger partial charge in [-0.1, -0.05) is 0 Å². The predicted molar refractivity (Wildman–Crippen MR) is 56.9 cm³/mol. The van der Waals surface area contributed by atoms with Gasteiger partial charge in [0, 0.05) is 19.1 Å². The maximum Gasteiger partial charge on any atom is 0.257 e. The van der Waals surface area contributed by atoms with Gasteiger partial charge in [0.2, 0.25) is 5.91 Å². The highest BCUT2D eigenvalue weighted by Crippen LogP contribution is 2.06. The van der Waals surface area contributed by atoms with E-state index in [0.29, 0.717) is 0 Å². The van der Waals surface area contributed by atoms with Crippen LogP contribution in [0.1, 0.15) is 12.8 Å². The Morgan fingerprint density at radius 1 is 1.38 bits per heavy atom. The fraction of sp³-hybridized carbons (Fsp3) is 0.778. The molecule has 0 radical (unpaired) electrons. The smallest absolute Gasteiger partial charge is 0.257 e. The maximum absolute atomic E-state index is 11.3. The molecular weight excluding hydrogens is 212 g/mol. The third-order valence-electron chi connectivity index (χ3n) is 2.40. The van der Waals surface area contributed by atoms with E-state index in [1.165, 1.54) is 0 Å². The number of amides is 2. The van der Waals surface area contributed by atoms with Gasteiger partial charge < -0.3 is 11.5 Å². The van der Waals surface area contributed by atoms with Crippen molar-refractivity contribution < 1.29 is 14.4 Å². The summed E-state index contributed by atoms with van der Waals surface area (Å²) in [6.07, 6.45) is 1.80. The summed E-state index contributed by atoms with van der Waals surface area (Å²) in [6.45, 7) is 1.57. The second kappa shape index (κ2) is 6.41. The van der Waals surface area contributed by atoms with Crippen LogP contribution >= 0.6 is 0 Å². The van der Waals surface area contributed by atoms with Gasteiger partial charge in [0.1, 0.15) is 0 Å². The number of hydrogen-bond donors (Lipinski definition) is 3. The average molecular weight is 230 g/mol. The number of piperidine rings is 1. The lowest BCUT2D eigenvalue weighted by molar-refractivity contribution is -0.139. The summed E-state index contributed by atoms with van der Waals surface area (Å²) in [5.74, 6) is -0.902. The molecule has 1 aliphatic heterocycles. The lowest BCUT2D eigenvalue weighted by Crippen LogP contribution is -2.44. The van der Waals surface area contributed by atoms with Crippen molar-refractivity contribution in [2.45, 2.75) is 18.9 Å². The van der Waals surface area contributed by atoms with E-state index in [1.807, 2.05) is 4.90 Å². The zero-order valence-corrected chi connectivity index (χ0v) is 9.15. The Kier molecular flexibility index (Phi) is 5.17. The Hall–Kier alpha value is -1.18. The number of primary amides is 1. The van der Waals surface area contributed by atoms with Gasteiger partial charge in [-0.2, -0.15) is 0 Å². The van der Waals surface area contributed by atoms with Crippen molar-refractivity contribution in [2.75, 3.05) is 26.2 Å². The number of rotatable bonds is 5. The van der Waals surface area contributed by atoms with Gasteiger partial charge in [-0.25, -0.2) is 5.48 Å². The van der Waals surface area contributed by atoms with Crippen molar-refractivity contribution in [1.82, 2.24) is 10.4 Å². The SMILES string of the molecule is NC(=O)CONC(=O)CN1CCC(N)CC1. The molecule has 2 amide bonds. The third kappa shape index (κ3) is 5.06. The Labute approximate surface area is 94.0 Å². The standard InChI is InChI=1S/C9H18N4O3/c10-7-1-3-13(4-2-7)5-9(15)12-16-6-8(11)14/h7H,1-6,10H2,(H2,11,14)(H,12,15). The zero-order chi connectivity index (χ0) is 12.0. The number of nitrogens with one attached hydrogen (secondary N) is 1. The largest absolute Gasteiger partial charge is 0.368 e. The minimum Gasteiger partial charge on any atom is -0.368 e. The second-order valence-corrected chi connectivity index (χ2v) is 3.89. The number of nitrogens with zero attached hydrogens (tertiary/aromatic N) is 1. The molecule has 0 aliphatic carbocycles. The van der Waals surface area contributed by atoms with Gasteiger partial charge in [0.15, 0.2) is 6.61 Å². The van der Waals surface area contributed by atoms with E-state index in [2.05, 4.69) is 10.3 Å². The first-order valence-corrected chi connectivity index (χ1v) is 5.25. The van der Waals surface area contributed by atoms with Crippen molar-refractivity contribution >= 4 is 11.8 Å². The van der Waals surface area contributed by atoms with Gasteiger partial charge in [0.05, 0.1) is 6.54 Å². The summed E-state index contributed by atoms with van der Waals surface area (Å²) in [7, 11) is 0. The molecule has 0 saturated carbocycles. The molecule has 16 heavy (non-hydrogen) atoms. The Bertz CT molecular complexity index is 251. The molecule has 0 aromatic heterocycles. The van der Waals surface area contributed by atoms with Crippen molar-refractivity contribution in [3.63, 3.8) is 0 Å². The summed E-state index contributed by atoms with van der Waals surface area (Å²) >= 11 is 0. The molecule has 0 aromatic rings. The number of hydroxylamine groups is 1. The average Bonchev–Trinajstić information content (AvgIpc) is 2.21. The molecule has 1 saturated heterocycles. The quantitative estimate of drug-likeness (QED) is 0.470. The lowest BCUT2D eigenvalue weighted by atomic mass is 10.1. The molecule has 7 heteroatoms. The summed E-state index contributed by atoms with van der Waals surface area (Å²) in [4.78, 5) is 28.2. The molecule has 0 aromatic carbocycles. The molecule has 0 spiro atoms. The van der Waals surface area contributed by atoms with Crippen LogP contribution in [-0.2, 0) is 14.4 Å². The van der Waals surface area contributed by atoms with Gasteiger partial charge in [-0.3, -0.25) is 19.3 Å². The molecule has 0 unspecified atom stereocenters. The number of hydrogen-bond acceptors (Lipinski definition) is 5. The fourth-order valence-electron chi connectivity index (χ4n) is 1.53. The van der Waals surface area contributed by atoms with Crippen LogP contribution in [0.2, 0.25) is 0 Å². The van der Waals surface area contributed by atoms with E-state index in [4.69, 9.17) is 11.5 Å². The lowest BCUT2D eigenvalue weighted by Gasteiger charge is -2.29. The highest BCUT2D eigenvalue weighted by Gasteiger charge is 2.18. The highest BCUT2D eigenvalue weighted by molar-refractivity contribution is 5.78. The van der Waals surface area contributed by atoms with Gasteiger partial charge in [-0.15, -0.1) is 0 Å². The van der Waals surface area contributed by atoms with Crippen molar-refractivity contribution in [3.8, 4) is 0 Å². The first-order chi connectivity index (χ1) is 7.58. The molecule has 92 valence electrons. The summed E-state index contributed by atoms with van der Waals surface area (Å²) in [5.41, 5.74) is 12.7. The molecule has 1 aliphatic rings. The van der Waals surface area contributed by atoms with E-state index in [-0.39, 0.29) is 25.1 Å². The Morgan fingerprint density at radius 2 is 2.00 bits per heavy atom. The molecule has 0 bridgehead atoms. The van der Waals surface area contributed by atoms with Gasteiger partial charge >= 0.3 is 0 Å². The molecule has 1 heterocycles. The van der Waals surface area contributed by atoms with Crippen LogP contribution in [0.4, 0.5) is 0 Å². The van der Waals surface area contributed by atoms with Gasteiger partial charge in [-0.05, 0) is 12.8 Å². The molecule has 1 rings (SSSR count). The first kappa shape index (κ1) is 12.9. The van der Waals surface area contributed by atoms with Crippen LogP contribution in [0.25, 0.3) is 0 Å². The van der Waals surface area contributed by atoms with E-state index in [1.54, 1.807) is 0 Å². The van der Waals surface area contributed by atoms with E-state index in [9.17, 15) is 9.59 Å². The molecule has 0 atom stereocenters. The molecule has 1 fully saturated rings. The second-order valence-electron chi connectivity index (χ2n) is 3.89. The van der Waals surface area contributed by atoms with Gasteiger partial charge in [0.25, 0.3) is 5.91 Å². The number of nitrogens with two attached hydrogens (primary N) is 2. The minimum absolute atomic E-state index is 0.241.